The highest BCUT2D eigenvalue weighted by Gasteiger charge is 2.41. The van der Waals surface area contributed by atoms with Crippen molar-refractivity contribution < 1.29 is 13.2 Å². The van der Waals surface area contributed by atoms with E-state index in [1.807, 2.05) is 0 Å². The van der Waals surface area contributed by atoms with Crippen LogP contribution in [0.2, 0.25) is 5.02 Å². The first-order valence-electron chi connectivity index (χ1n) is 5.84. The van der Waals surface area contributed by atoms with Crippen LogP contribution in [-0.2, 0) is 6.54 Å². The van der Waals surface area contributed by atoms with Crippen molar-refractivity contribution >= 4 is 11.6 Å². The van der Waals surface area contributed by atoms with Crippen molar-refractivity contribution in [1.82, 2.24) is 9.88 Å². The maximum absolute atomic E-state index is 12.7. The minimum absolute atomic E-state index is 0.0533. The van der Waals surface area contributed by atoms with E-state index in [1.165, 1.54) is 0 Å². The van der Waals surface area contributed by atoms with Gasteiger partial charge in [0.25, 0.3) is 0 Å². The molecule has 6 heteroatoms. The average molecular weight is 279 g/mol. The third-order valence-electron chi connectivity index (χ3n) is 3.13. The SMILES string of the molecule is FC(F)(F)C1CCCN(Cc2cc(Cl)ccn2)C1. The number of rotatable bonds is 2. The normalized spacial score (nSPS) is 22.1. The third-order valence-corrected chi connectivity index (χ3v) is 3.37. The van der Waals surface area contributed by atoms with Crippen LogP contribution in [0.25, 0.3) is 0 Å². The van der Waals surface area contributed by atoms with E-state index in [1.54, 1.807) is 23.2 Å². The Morgan fingerprint density at radius 1 is 1.44 bits per heavy atom. The Bertz CT molecular complexity index is 409. The molecule has 1 aromatic rings. The van der Waals surface area contributed by atoms with Crippen molar-refractivity contribution in [2.24, 2.45) is 5.92 Å². The van der Waals surface area contributed by atoms with Gasteiger partial charge in [-0.15, -0.1) is 0 Å². The molecular weight excluding hydrogens is 265 g/mol. The van der Waals surface area contributed by atoms with Crippen molar-refractivity contribution in [2.45, 2.75) is 25.6 Å². The van der Waals surface area contributed by atoms with Gasteiger partial charge in [0, 0.05) is 24.3 Å². The predicted octanol–water partition coefficient (Wildman–Crippen LogP) is 3.51. The Kier molecular flexibility index (Phi) is 4.12. The highest BCUT2D eigenvalue weighted by Crippen LogP contribution is 2.33. The van der Waals surface area contributed by atoms with Crippen molar-refractivity contribution in [3.05, 3.63) is 29.0 Å². The van der Waals surface area contributed by atoms with Gasteiger partial charge < -0.3 is 0 Å². The summed E-state index contributed by atoms with van der Waals surface area (Å²) in [5, 5.41) is 0.560. The minimum Gasteiger partial charge on any atom is -0.297 e. The lowest BCUT2D eigenvalue weighted by atomic mass is 9.97. The van der Waals surface area contributed by atoms with E-state index < -0.39 is 12.1 Å². The van der Waals surface area contributed by atoms with E-state index in [2.05, 4.69) is 4.98 Å². The number of likely N-dealkylation sites (tertiary alicyclic amines) is 1. The van der Waals surface area contributed by atoms with E-state index >= 15 is 0 Å². The van der Waals surface area contributed by atoms with Crippen molar-refractivity contribution in [3.63, 3.8) is 0 Å². The Balaban J connectivity index is 1.98. The van der Waals surface area contributed by atoms with E-state index in [4.69, 9.17) is 11.6 Å². The van der Waals surface area contributed by atoms with Gasteiger partial charge in [0.1, 0.15) is 0 Å². The minimum atomic E-state index is -4.10. The predicted molar refractivity (Wildman–Crippen MR) is 63.3 cm³/mol. The maximum atomic E-state index is 12.7. The molecule has 1 aliphatic heterocycles. The number of piperidine rings is 1. The molecule has 0 radical (unpaired) electrons. The lowest BCUT2D eigenvalue weighted by Crippen LogP contribution is -2.41. The van der Waals surface area contributed by atoms with Gasteiger partial charge in [-0.25, -0.2) is 0 Å². The second kappa shape index (κ2) is 5.45. The van der Waals surface area contributed by atoms with Crippen molar-refractivity contribution in [1.29, 1.82) is 0 Å². The smallest absolute Gasteiger partial charge is 0.297 e. The number of aromatic nitrogens is 1. The largest absolute Gasteiger partial charge is 0.393 e. The number of hydrogen-bond donors (Lipinski definition) is 0. The molecule has 1 unspecified atom stereocenters. The Hall–Kier alpha value is -0.810. The molecule has 18 heavy (non-hydrogen) atoms. The first-order chi connectivity index (χ1) is 8.45. The van der Waals surface area contributed by atoms with Gasteiger partial charge in [0.05, 0.1) is 11.6 Å². The van der Waals surface area contributed by atoms with Crippen LogP contribution < -0.4 is 0 Å². The molecular formula is C12H14ClF3N2. The second-order valence-corrected chi connectivity index (χ2v) is 5.02. The zero-order chi connectivity index (χ0) is 13.2. The molecule has 1 atom stereocenters. The van der Waals surface area contributed by atoms with Crippen LogP contribution in [0.4, 0.5) is 13.2 Å². The molecule has 2 heterocycles. The summed E-state index contributed by atoms with van der Waals surface area (Å²) in [5.41, 5.74) is 0.713. The highest BCUT2D eigenvalue weighted by molar-refractivity contribution is 6.30. The average Bonchev–Trinajstić information content (AvgIpc) is 2.28. The van der Waals surface area contributed by atoms with Gasteiger partial charge in [0.2, 0.25) is 0 Å². The first-order valence-corrected chi connectivity index (χ1v) is 6.22. The Morgan fingerprint density at radius 2 is 2.22 bits per heavy atom. The molecule has 0 aromatic carbocycles. The van der Waals surface area contributed by atoms with Crippen LogP contribution in [0.5, 0.6) is 0 Å². The zero-order valence-electron chi connectivity index (χ0n) is 9.75. The van der Waals surface area contributed by atoms with E-state index in [-0.39, 0.29) is 13.0 Å². The monoisotopic (exact) mass is 278 g/mol. The van der Waals surface area contributed by atoms with Crippen molar-refractivity contribution in [2.75, 3.05) is 13.1 Å². The molecule has 1 fully saturated rings. The van der Waals surface area contributed by atoms with Crippen LogP contribution in [-0.4, -0.2) is 29.1 Å². The van der Waals surface area contributed by atoms with Gasteiger partial charge >= 0.3 is 6.18 Å². The summed E-state index contributed by atoms with van der Waals surface area (Å²) in [4.78, 5) is 5.91. The summed E-state index contributed by atoms with van der Waals surface area (Å²) in [6, 6.07) is 3.35. The maximum Gasteiger partial charge on any atom is 0.393 e. The second-order valence-electron chi connectivity index (χ2n) is 4.58. The fourth-order valence-electron chi connectivity index (χ4n) is 2.23. The summed E-state index contributed by atoms with van der Waals surface area (Å²) < 4.78 is 38.0. The molecule has 0 amide bonds. The van der Waals surface area contributed by atoms with Crippen LogP contribution in [0.15, 0.2) is 18.3 Å². The molecule has 0 aliphatic carbocycles. The van der Waals surface area contributed by atoms with Gasteiger partial charge in [-0.05, 0) is 31.5 Å². The van der Waals surface area contributed by atoms with E-state index in [0.717, 1.165) is 0 Å². The number of alkyl halides is 3. The Morgan fingerprint density at radius 3 is 2.89 bits per heavy atom. The van der Waals surface area contributed by atoms with Gasteiger partial charge in [-0.1, -0.05) is 11.6 Å². The fraction of sp³-hybridized carbons (Fsp3) is 0.583. The van der Waals surface area contributed by atoms with Crippen molar-refractivity contribution in [3.8, 4) is 0 Å². The zero-order valence-corrected chi connectivity index (χ0v) is 10.5. The summed E-state index contributed by atoms with van der Waals surface area (Å²) in [6.07, 6.45) is -1.73. The molecule has 1 saturated heterocycles. The molecule has 0 saturated carbocycles. The molecule has 100 valence electrons. The number of nitrogens with zero attached hydrogens (tertiary/aromatic N) is 2. The lowest BCUT2D eigenvalue weighted by Gasteiger charge is -2.33. The molecule has 2 rings (SSSR count). The number of halogens is 4. The van der Waals surface area contributed by atoms with Crippen LogP contribution in [0, 0.1) is 5.92 Å². The first kappa shape index (κ1) is 13.6. The van der Waals surface area contributed by atoms with Gasteiger partial charge in [-0.2, -0.15) is 13.2 Å². The molecule has 0 N–H and O–H groups in total. The summed E-state index contributed by atoms with van der Waals surface area (Å²) in [5.74, 6) is -1.22. The standard InChI is InChI=1S/C12H14ClF3N2/c13-10-3-4-17-11(6-10)8-18-5-1-2-9(7-18)12(14,15)16/h3-4,6,9H,1-2,5,7-8H2. The van der Waals surface area contributed by atoms with E-state index in [0.29, 0.717) is 30.2 Å². The molecule has 2 nitrogen and oxygen atoms in total. The fourth-order valence-corrected chi connectivity index (χ4v) is 2.41. The quantitative estimate of drug-likeness (QED) is 0.823. The summed E-state index contributed by atoms with van der Waals surface area (Å²) >= 11 is 5.83. The molecule has 1 aromatic heterocycles. The summed E-state index contributed by atoms with van der Waals surface area (Å²) in [7, 11) is 0. The molecule has 0 spiro atoms. The Labute approximate surface area is 109 Å². The number of hydrogen-bond acceptors (Lipinski definition) is 2. The highest BCUT2D eigenvalue weighted by atomic mass is 35.5. The number of pyridine rings is 1. The summed E-state index contributed by atoms with van der Waals surface area (Å²) in [6.45, 7) is 1.16. The van der Waals surface area contributed by atoms with Gasteiger partial charge in [-0.3, -0.25) is 9.88 Å². The van der Waals surface area contributed by atoms with Gasteiger partial charge in [0.15, 0.2) is 0 Å². The van der Waals surface area contributed by atoms with Crippen LogP contribution in [0.3, 0.4) is 0 Å². The third kappa shape index (κ3) is 3.59. The topological polar surface area (TPSA) is 16.1 Å². The van der Waals surface area contributed by atoms with E-state index in [9.17, 15) is 13.2 Å². The lowest BCUT2D eigenvalue weighted by molar-refractivity contribution is -0.187. The van der Waals surface area contributed by atoms with Crippen LogP contribution >= 0.6 is 11.6 Å². The molecule has 1 aliphatic rings. The van der Waals surface area contributed by atoms with Crippen LogP contribution in [0.1, 0.15) is 18.5 Å². The molecule has 0 bridgehead atoms.